The minimum absolute atomic E-state index is 0.0410. The lowest BCUT2D eigenvalue weighted by Crippen LogP contribution is -2.54. The molecule has 0 unspecified atom stereocenters. The molecule has 2 atom stereocenters. The summed E-state index contributed by atoms with van der Waals surface area (Å²) in [4.78, 5) is 26.7. The van der Waals surface area contributed by atoms with Gasteiger partial charge in [-0.05, 0) is 38.0 Å². The molecule has 5 rings (SSSR count). The van der Waals surface area contributed by atoms with Crippen LogP contribution in [0.25, 0.3) is 16.7 Å². The van der Waals surface area contributed by atoms with Gasteiger partial charge in [0.15, 0.2) is 5.65 Å². The number of aliphatic hydroxyl groups is 1. The Kier molecular flexibility index (Phi) is 5.76. The summed E-state index contributed by atoms with van der Waals surface area (Å²) in [5, 5.41) is 21.0. The van der Waals surface area contributed by atoms with Crippen LogP contribution in [0.15, 0.2) is 36.8 Å². The van der Waals surface area contributed by atoms with Gasteiger partial charge in [0.25, 0.3) is 0 Å². The lowest BCUT2D eigenvalue weighted by atomic mass is 10.1. The third-order valence-corrected chi connectivity index (χ3v) is 6.93. The Morgan fingerprint density at radius 3 is 2.82 bits per heavy atom. The number of aromatic nitrogens is 3. The van der Waals surface area contributed by atoms with Gasteiger partial charge in [-0.1, -0.05) is 17.7 Å². The van der Waals surface area contributed by atoms with Crippen LogP contribution >= 0.6 is 11.6 Å². The first kappa shape index (κ1) is 21.8. The van der Waals surface area contributed by atoms with Gasteiger partial charge in [-0.15, -0.1) is 0 Å². The minimum Gasteiger partial charge on any atom is -0.465 e. The molecular formula is C23H27ClN6O3. The number of carbonyl (C=O) groups is 1. The Morgan fingerprint density at radius 2 is 2.09 bits per heavy atom. The maximum atomic E-state index is 11.5. The predicted molar refractivity (Wildman–Crippen MR) is 128 cm³/mol. The average molecular weight is 471 g/mol. The quantitative estimate of drug-likeness (QED) is 0.604. The first-order valence-electron chi connectivity index (χ1n) is 11.2. The SMILES string of the molecule is C[C@@H]1CN(c2ncnc3c2c(N2CCC[C@@H]2CO)cn3-c2cccc(Cl)c2)CCN1C(=O)O. The summed E-state index contributed by atoms with van der Waals surface area (Å²) in [6.07, 6.45) is 4.65. The van der Waals surface area contributed by atoms with Crippen molar-refractivity contribution in [2.75, 3.05) is 42.6 Å². The van der Waals surface area contributed by atoms with E-state index >= 15 is 0 Å². The van der Waals surface area contributed by atoms with Crippen molar-refractivity contribution in [3.8, 4) is 5.69 Å². The molecule has 0 bridgehead atoms. The molecule has 9 nitrogen and oxygen atoms in total. The molecule has 2 aliphatic heterocycles. The van der Waals surface area contributed by atoms with E-state index in [0.717, 1.165) is 47.6 Å². The first-order valence-corrected chi connectivity index (χ1v) is 11.6. The van der Waals surface area contributed by atoms with Crippen LogP contribution in [0.3, 0.4) is 0 Å². The Balaban J connectivity index is 1.66. The summed E-state index contributed by atoms with van der Waals surface area (Å²) >= 11 is 6.28. The molecule has 1 amide bonds. The van der Waals surface area contributed by atoms with Gasteiger partial charge in [0.1, 0.15) is 12.1 Å². The van der Waals surface area contributed by atoms with Crippen molar-refractivity contribution in [3.05, 3.63) is 41.8 Å². The zero-order chi connectivity index (χ0) is 23.1. The molecule has 4 heterocycles. The zero-order valence-corrected chi connectivity index (χ0v) is 19.2. The molecule has 0 spiro atoms. The second-order valence-electron chi connectivity index (χ2n) is 8.70. The van der Waals surface area contributed by atoms with E-state index in [9.17, 15) is 15.0 Å². The normalized spacial score (nSPS) is 21.2. The molecule has 2 fully saturated rings. The van der Waals surface area contributed by atoms with Crippen LogP contribution in [-0.2, 0) is 0 Å². The van der Waals surface area contributed by atoms with Crippen molar-refractivity contribution in [3.63, 3.8) is 0 Å². The fourth-order valence-corrected chi connectivity index (χ4v) is 5.27. The number of hydrogen-bond donors (Lipinski definition) is 2. The predicted octanol–water partition coefficient (Wildman–Crippen LogP) is 3.22. The Bertz CT molecular complexity index is 1180. The van der Waals surface area contributed by atoms with E-state index < -0.39 is 6.09 Å². The summed E-state index contributed by atoms with van der Waals surface area (Å²) in [5.41, 5.74) is 2.63. The number of halogens is 1. The zero-order valence-electron chi connectivity index (χ0n) is 18.4. The second kappa shape index (κ2) is 8.72. The smallest absolute Gasteiger partial charge is 0.407 e. The Morgan fingerprint density at radius 1 is 1.24 bits per heavy atom. The number of fused-ring (bicyclic) bond motifs is 1. The molecule has 2 aliphatic rings. The van der Waals surface area contributed by atoms with Gasteiger partial charge >= 0.3 is 6.09 Å². The van der Waals surface area contributed by atoms with E-state index in [0.29, 0.717) is 24.7 Å². The molecule has 2 aromatic heterocycles. The number of piperazine rings is 1. The average Bonchev–Trinajstić information content (AvgIpc) is 3.43. The number of amides is 1. The highest BCUT2D eigenvalue weighted by atomic mass is 35.5. The monoisotopic (exact) mass is 470 g/mol. The van der Waals surface area contributed by atoms with E-state index in [1.54, 1.807) is 6.33 Å². The molecule has 0 radical (unpaired) electrons. The summed E-state index contributed by atoms with van der Waals surface area (Å²) in [6.45, 7) is 4.35. The van der Waals surface area contributed by atoms with E-state index in [4.69, 9.17) is 11.6 Å². The van der Waals surface area contributed by atoms with Gasteiger partial charge in [0.05, 0.1) is 23.7 Å². The number of anilines is 2. The van der Waals surface area contributed by atoms with Crippen molar-refractivity contribution >= 4 is 40.2 Å². The fraction of sp³-hybridized carbons (Fsp3) is 0.435. The molecule has 2 N–H and O–H groups in total. The van der Waals surface area contributed by atoms with Crippen LogP contribution in [0.2, 0.25) is 5.02 Å². The minimum atomic E-state index is -0.898. The van der Waals surface area contributed by atoms with Crippen molar-refractivity contribution in [1.82, 2.24) is 19.4 Å². The molecule has 2 saturated heterocycles. The lowest BCUT2D eigenvalue weighted by molar-refractivity contribution is 0.122. The number of rotatable bonds is 4. The number of nitrogens with zero attached hydrogens (tertiary/aromatic N) is 6. The largest absolute Gasteiger partial charge is 0.465 e. The third-order valence-electron chi connectivity index (χ3n) is 6.70. The molecule has 174 valence electrons. The fourth-order valence-electron chi connectivity index (χ4n) is 5.08. The van der Waals surface area contributed by atoms with Gasteiger partial charge < -0.3 is 24.9 Å². The number of hydrogen-bond acceptors (Lipinski definition) is 6. The van der Waals surface area contributed by atoms with E-state index in [2.05, 4.69) is 26.0 Å². The van der Waals surface area contributed by atoms with Crippen LogP contribution in [0.1, 0.15) is 19.8 Å². The summed E-state index contributed by atoms with van der Waals surface area (Å²) in [5.74, 6) is 0.788. The summed E-state index contributed by atoms with van der Waals surface area (Å²) in [7, 11) is 0. The molecule has 33 heavy (non-hydrogen) atoms. The number of aliphatic hydroxyl groups excluding tert-OH is 1. The van der Waals surface area contributed by atoms with Crippen LogP contribution < -0.4 is 9.80 Å². The summed E-state index contributed by atoms with van der Waals surface area (Å²) < 4.78 is 2.02. The maximum Gasteiger partial charge on any atom is 0.407 e. The molecule has 0 saturated carbocycles. The standard InChI is InChI=1S/C23H27ClN6O3/c1-15-11-27(8-9-28(15)23(32)33)21-20-19(29-7-3-6-18(29)13-31)12-30(22(20)26-14-25-21)17-5-2-4-16(24)10-17/h2,4-5,10,12,14-15,18,31H,3,6-9,11,13H2,1H3,(H,32,33)/t15-,18-/m1/s1. The Labute approximate surface area is 196 Å². The van der Waals surface area contributed by atoms with Crippen molar-refractivity contribution in [2.24, 2.45) is 0 Å². The summed E-state index contributed by atoms with van der Waals surface area (Å²) in [6, 6.07) is 7.51. The van der Waals surface area contributed by atoms with Crippen molar-refractivity contribution in [2.45, 2.75) is 31.8 Å². The van der Waals surface area contributed by atoms with Gasteiger partial charge in [-0.25, -0.2) is 14.8 Å². The van der Waals surface area contributed by atoms with Crippen LogP contribution in [0, 0.1) is 0 Å². The highest BCUT2D eigenvalue weighted by Crippen LogP contribution is 2.39. The maximum absolute atomic E-state index is 11.5. The van der Waals surface area contributed by atoms with Gasteiger partial charge in [-0.3, -0.25) is 4.57 Å². The topological polar surface area (TPSA) is 98.0 Å². The van der Waals surface area contributed by atoms with E-state index in [-0.39, 0.29) is 18.7 Å². The molecular weight excluding hydrogens is 444 g/mol. The van der Waals surface area contributed by atoms with Crippen LogP contribution in [-0.4, -0.2) is 80.6 Å². The van der Waals surface area contributed by atoms with E-state index in [1.165, 1.54) is 4.90 Å². The number of carboxylic acid groups (broad SMARTS) is 1. The van der Waals surface area contributed by atoms with Gasteiger partial charge in [0.2, 0.25) is 0 Å². The number of benzene rings is 1. The lowest BCUT2D eigenvalue weighted by Gasteiger charge is -2.39. The highest BCUT2D eigenvalue weighted by molar-refractivity contribution is 6.30. The first-order chi connectivity index (χ1) is 16.0. The van der Waals surface area contributed by atoms with Crippen LogP contribution in [0.4, 0.5) is 16.3 Å². The molecule has 3 aromatic rings. The molecule has 0 aliphatic carbocycles. The highest BCUT2D eigenvalue weighted by Gasteiger charge is 2.33. The van der Waals surface area contributed by atoms with Crippen LogP contribution in [0.5, 0.6) is 0 Å². The van der Waals surface area contributed by atoms with Gasteiger partial charge in [0, 0.05) is 49.1 Å². The van der Waals surface area contributed by atoms with Gasteiger partial charge in [-0.2, -0.15) is 0 Å². The van der Waals surface area contributed by atoms with Crippen molar-refractivity contribution < 1.29 is 15.0 Å². The Hall–Kier alpha value is -3.04. The van der Waals surface area contributed by atoms with Crippen molar-refractivity contribution in [1.29, 1.82) is 0 Å². The molecule has 1 aromatic carbocycles. The molecule has 10 heteroatoms. The second-order valence-corrected chi connectivity index (χ2v) is 9.14. The third kappa shape index (κ3) is 3.85. The van der Waals surface area contributed by atoms with E-state index in [1.807, 2.05) is 35.8 Å².